The summed E-state index contributed by atoms with van der Waals surface area (Å²) in [5.74, 6) is 0.155. The van der Waals surface area contributed by atoms with Gasteiger partial charge < -0.3 is 15.3 Å². The molecule has 17 heavy (non-hydrogen) atoms. The van der Waals surface area contributed by atoms with E-state index >= 15 is 0 Å². The van der Waals surface area contributed by atoms with Crippen molar-refractivity contribution in [2.45, 2.75) is 64.6 Å². The van der Waals surface area contributed by atoms with Crippen molar-refractivity contribution in [3.05, 3.63) is 0 Å². The van der Waals surface area contributed by atoms with Crippen LogP contribution in [0.4, 0.5) is 0 Å². The Labute approximate surface area is 104 Å². The molecule has 1 amide bonds. The summed E-state index contributed by atoms with van der Waals surface area (Å²) in [6.45, 7) is 6.56. The third-order valence-electron chi connectivity index (χ3n) is 3.53. The molecule has 4 nitrogen and oxygen atoms in total. The van der Waals surface area contributed by atoms with Crippen LogP contribution in [0.15, 0.2) is 0 Å². The van der Waals surface area contributed by atoms with Crippen molar-refractivity contribution in [2.24, 2.45) is 0 Å². The van der Waals surface area contributed by atoms with E-state index in [0.29, 0.717) is 12.6 Å². The van der Waals surface area contributed by atoms with Crippen LogP contribution >= 0.6 is 0 Å². The van der Waals surface area contributed by atoms with Crippen LogP contribution in [0.1, 0.15) is 46.5 Å². The zero-order valence-corrected chi connectivity index (χ0v) is 11.3. The van der Waals surface area contributed by atoms with Gasteiger partial charge in [-0.25, -0.2) is 0 Å². The van der Waals surface area contributed by atoms with Crippen molar-refractivity contribution in [3.63, 3.8) is 0 Å². The normalized spacial score (nSPS) is 25.0. The smallest absolute Gasteiger partial charge is 0.219 e. The maximum atomic E-state index is 11.8. The van der Waals surface area contributed by atoms with Crippen molar-refractivity contribution < 1.29 is 9.90 Å². The molecule has 0 saturated heterocycles. The van der Waals surface area contributed by atoms with Gasteiger partial charge in [0.1, 0.15) is 0 Å². The SMILES string of the molecule is CC(=O)N(C(C)C)C1CCCCC1NCCO. The second-order valence-electron chi connectivity index (χ2n) is 5.16. The Morgan fingerprint density at radius 2 is 2.06 bits per heavy atom. The van der Waals surface area contributed by atoms with E-state index < -0.39 is 0 Å². The fraction of sp³-hybridized carbons (Fsp3) is 0.923. The molecule has 0 radical (unpaired) electrons. The number of hydrogen-bond donors (Lipinski definition) is 2. The summed E-state index contributed by atoms with van der Waals surface area (Å²) in [6, 6.07) is 0.865. The highest BCUT2D eigenvalue weighted by molar-refractivity contribution is 5.74. The van der Waals surface area contributed by atoms with Gasteiger partial charge in [-0.15, -0.1) is 0 Å². The maximum Gasteiger partial charge on any atom is 0.219 e. The van der Waals surface area contributed by atoms with Gasteiger partial charge >= 0.3 is 0 Å². The zero-order valence-electron chi connectivity index (χ0n) is 11.3. The van der Waals surface area contributed by atoms with E-state index in [-0.39, 0.29) is 24.6 Å². The molecule has 0 aliphatic heterocycles. The molecule has 1 saturated carbocycles. The molecule has 1 fully saturated rings. The first-order chi connectivity index (χ1) is 8.07. The van der Waals surface area contributed by atoms with Gasteiger partial charge in [0.05, 0.1) is 6.61 Å². The van der Waals surface area contributed by atoms with E-state index in [1.165, 1.54) is 12.8 Å². The van der Waals surface area contributed by atoms with Gasteiger partial charge in [-0.1, -0.05) is 12.8 Å². The van der Waals surface area contributed by atoms with Crippen LogP contribution in [0.25, 0.3) is 0 Å². The lowest BCUT2D eigenvalue weighted by atomic mass is 9.88. The van der Waals surface area contributed by atoms with Gasteiger partial charge in [-0.05, 0) is 26.7 Å². The summed E-state index contributed by atoms with van der Waals surface area (Å²) in [6.07, 6.45) is 4.57. The molecular formula is C13H26N2O2. The van der Waals surface area contributed by atoms with Crippen molar-refractivity contribution in [2.75, 3.05) is 13.2 Å². The molecule has 0 aromatic carbocycles. The van der Waals surface area contributed by atoms with Gasteiger partial charge in [0.2, 0.25) is 5.91 Å². The van der Waals surface area contributed by atoms with Gasteiger partial charge in [0.15, 0.2) is 0 Å². The molecule has 0 spiro atoms. The third kappa shape index (κ3) is 3.96. The molecule has 1 aliphatic carbocycles. The molecule has 0 aromatic heterocycles. The molecule has 2 atom stereocenters. The van der Waals surface area contributed by atoms with E-state index in [9.17, 15) is 4.79 Å². The van der Waals surface area contributed by atoms with Crippen LogP contribution in [-0.2, 0) is 4.79 Å². The Bertz CT molecular complexity index is 244. The van der Waals surface area contributed by atoms with E-state index in [2.05, 4.69) is 19.2 Å². The summed E-state index contributed by atoms with van der Waals surface area (Å²) >= 11 is 0. The highest BCUT2D eigenvalue weighted by Gasteiger charge is 2.32. The predicted octanol–water partition coefficient (Wildman–Crippen LogP) is 1.14. The molecular weight excluding hydrogens is 216 g/mol. The molecule has 2 unspecified atom stereocenters. The maximum absolute atomic E-state index is 11.8. The summed E-state index contributed by atoms with van der Waals surface area (Å²) < 4.78 is 0. The van der Waals surface area contributed by atoms with E-state index in [1.807, 2.05) is 4.90 Å². The molecule has 4 heteroatoms. The second kappa shape index (κ2) is 6.97. The lowest BCUT2D eigenvalue weighted by Crippen LogP contribution is -2.55. The Morgan fingerprint density at radius 1 is 1.41 bits per heavy atom. The van der Waals surface area contributed by atoms with Crippen molar-refractivity contribution in [1.82, 2.24) is 10.2 Å². The van der Waals surface area contributed by atoms with Crippen LogP contribution in [0, 0.1) is 0 Å². The Hall–Kier alpha value is -0.610. The molecule has 0 bridgehead atoms. The van der Waals surface area contributed by atoms with Gasteiger partial charge in [-0.2, -0.15) is 0 Å². The fourth-order valence-electron chi connectivity index (χ4n) is 2.91. The van der Waals surface area contributed by atoms with Crippen LogP contribution < -0.4 is 5.32 Å². The van der Waals surface area contributed by atoms with Crippen molar-refractivity contribution >= 4 is 5.91 Å². The molecule has 0 aromatic rings. The first-order valence-corrected chi connectivity index (χ1v) is 6.71. The second-order valence-corrected chi connectivity index (χ2v) is 5.16. The number of carbonyl (C=O) groups is 1. The number of carbonyl (C=O) groups excluding carboxylic acids is 1. The van der Waals surface area contributed by atoms with E-state index in [4.69, 9.17) is 5.11 Å². The lowest BCUT2D eigenvalue weighted by Gasteiger charge is -2.42. The molecule has 1 rings (SSSR count). The van der Waals surface area contributed by atoms with Crippen LogP contribution in [0.3, 0.4) is 0 Å². The summed E-state index contributed by atoms with van der Waals surface area (Å²) in [7, 11) is 0. The Balaban J connectivity index is 2.70. The Kier molecular flexibility index (Phi) is 5.92. The molecule has 1 aliphatic rings. The zero-order chi connectivity index (χ0) is 12.8. The fourth-order valence-corrected chi connectivity index (χ4v) is 2.91. The van der Waals surface area contributed by atoms with E-state index in [1.54, 1.807) is 6.92 Å². The number of hydrogen-bond acceptors (Lipinski definition) is 3. The minimum atomic E-state index is 0.155. The first-order valence-electron chi connectivity index (χ1n) is 6.71. The number of nitrogens with one attached hydrogen (secondary N) is 1. The quantitative estimate of drug-likeness (QED) is 0.760. The largest absolute Gasteiger partial charge is 0.395 e. The number of aliphatic hydroxyl groups is 1. The summed E-state index contributed by atoms with van der Waals surface area (Å²) in [5.41, 5.74) is 0. The molecule has 2 N–H and O–H groups in total. The minimum Gasteiger partial charge on any atom is -0.395 e. The molecule has 100 valence electrons. The first kappa shape index (κ1) is 14.5. The highest BCUT2D eigenvalue weighted by Crippen LogP contribution is 2.25. The average Bonchev–Trinajstić information content (AvgIpc) is 2.27. The number of aliphatic hydroxyl groups excluding tert-OH is 1. The van der Waals surface area contributed by atoms with Gasteiger partial charge in [-0.3, -0.25) is 4.79 Å². The summed E-state index contributed by atoms with van der Waals surface area (Å²) in [5, 5.41) is 12.3. The van der Waals surface area contributed by atoms with Gasteiger partial charge in [0.25, 0.3) is 0 Å². The monoisotopic (exact) mass is 242 g/mol. The molecule has 0 heterocycles. The van der Waals surface area contributed by atoms with Crippen molar-refractivity contribution in [3.8, 4) is 0 Å². The minimum absolute atomic E-state index is 0.155. The van der Waals surface area contributed by atoms with Crippen LogP contribution in [-0.4, -0.2) is 47.2 Å². The average molecular weight is 242 g/mol. The van der Waals surface area contributed by atoms with Crippen molar-refractivity contribution in [1.29, 1.82) is 0 Å². The number of rotatable bonds is 5. The third-order valence-corrected chi connectivity index (χ3v) is 3.53. The highest BCUT2D eigenvalue weighted by atomic mass is 16.3. The number of nitrogens with zero attached hydrogens (tertiary/aromatic N) is 1. The van der Waals surface area contributed by atoms with E-state index in [0.717, 1.165) is 12.8 Å². The topological polar surface area (TPSA) is 52.6 Å². The standard InChI is InChI=1S/C13H26N2O2/c1-10(2)15(11(3)17)13-7-5-4-6-12(13)14-8-9-16/h10,12-14,16H,4-9H2,1-3H3. The number of amides is 1. The predicted molar refractivity (Wildman–Crippen MR) is 68.8 cm³/mol. The van der Waals surface area contributed by atoms with Crippen LogP contribution in [0.2, 0.25) is 0 Å². The van der Waals surface area contributed by atoms with Crippen LogP contribution in [0.5, 0.6) is 0 Å². The lowest BCUT2D eigenvalue weighted by molar-refractivity contribution is -0.134. The summed E-state index contributed by atoms with van der Waals surface area (Å²) in [4.78, 5) is 13.7. The van der Waals surface area contributed by atoms with Gasteiger partial charge in [0, 0.05) is 31.6 Å². The Morgan fingerprint density at radius 3 is 2.59 bits per heavy atom.